The SMILES string of the molecule is CCO[C@@H]1CN(C(=O)[C@@H](C)N)[C@H]1C.Cl. The maximum Gasteiger partial charge on any atom is 0.239 e. The van der Waals surface area contributed by atoms with Crippen molar-refractivity contribution in [2.45, 2.75) is 39.0 Å². The standard InChI is InChI=1S/C9H18N2O2.ClH/c1-4-13-8-5-11(7(8)3)9(12)6(2)10;/h6-8H,4-5,10H2,1-3H3;1H/t6-,7+,8-;/m1./s1. The third kappa shape index (κ3) is 2.59. The molecule has 84 valence electrons. The molecule has 5 heteroatoms. The average molecular weight is 223 g/mol. The van der Waals surface area contributed by atoms with Crippen molar-refractivity contribution in [3.8, 4) is 0 Å². The molecule has 1 heterocycles. The van der Waals surface area contributed by atoms with Gasteiger partial charge in [-0.3, -0.25) is 4.79 Å². The molecule has 2 N–H and O–H groups in total. The summed E-state index contributed by atoms with van der Waals surface area (Å²) in [6, 6.07) is -0.219. The van der Waals surface area contributed by atoms with Gasteiger partial charge in [-0.15, -0.1) is 12.4 Å². The molecule has 3 atom stereocenters. The summed E-state index contributed by atoms with van der Waals surface area (Å²) < 4.78 is 5.42. The van der Waals surface area contributed by atoms with Crippen molar-refractivity contribution in [1.82, 2.24) is 4.90 Å². The van der Waals surface area contributed by atoms with Crippen molar-refractivity contribution in [3.63, 3.8) is 0 Å². The molecule has 0 unspecified atom stereocenters. The minimum absolute atomic E-state index is 0. The summed E-state index contributed by atoms with van der Waals surface area (Å²) in [5.74, 6) is 0.0171. The maximum absolute atomic E-state index is 11.4. The van der Waals surface area contributed by atoms with Gasteiger partial charge in [0.25, 0.3) is 0 Å². The van der Waals surface area contributed by atoms with Crippen LogP contribution in [0.4, 0.5) is 0 Å². The Morgan fingerprint density at radius 1 is 1.71 bits per heavy atom. The lowest BCUT2D eigenvalue weighted by molar-refractivity contribution is -0.155. The lowest BCUT2D eigenvalue weighted by Gasteiger charge is -2.46. The van der Waals surface area contributed by atoms with Gasteiger partial charge in [-0.05, 0) is 20.8 Å². The Kier molecular flexibility index (Phi) is 5.41. The number of carbonyl (C=O) groups is 1. The van der Waals surface area contributed by atoms with E-state index < -0.39 is 6.04 Å². The predicted molar refractivity (Wildman–Crippen MR) is 57.5 cm³/mol. The molecule has 1 fully saturated rings. The Balaban J connectivity index is 0.00000169. The normalized spacial score (nSPS) is 27.6. The monoisotopic (exact) mass is 222 g/mol. The summed E-state index contributed by atoms with van der Waals surface area (Å²) in [5.41, 5.74) is 5.50. The van der Waals surface area contributed by atoms with E-state index >= 15 is 0 Å². The van der Waals surface area contributed by atoms with Crippen LogP contribution in [0.5, 0.6) is 0 Å². The second-order valence-electron chi connectivity index (χ2n) is 3.51. The first-order valence-electron chi connectivity index (χ1n) is 4.75. The van der Waals surface area contributed by atoms with Crippen LogP contribution in [-0.4, -0.2) is 42.1 Å². The highest BCUT2D eigenvalue weighted by Crippen LogP contribution is 2.21. The molecule has 1 amide bonds. The van der Waals surface area contributed by atoms with E-state index in [-0.39, 0.29) is 30.5 Å². The molecule has 0 spiro atoms. The Morgan fingerprint density at radius 3 is 2.64 bits per heavy atom. The number of halogens is 1. The van der Waals surface area contributed by atoms with Crippen LogP contribution in [0.2, 0.25) is 0 Å². The zero-order valence-corrected chi connectivity index (χ0v) is 9.71. The molecule has 0 aromatic rings. The van der Waals surface area contributed by atoms with Crippen LogP contribution >= 0.6 is 12.4 Å². The number of ether oxygens (including phenoxy) is 1. The lowest BCUT2D eigenvalue weighted by atomic mass is 10.00. The zero-order valence-electron chi connectivity index (χ0n) is 8.90. The van der Waals surface area contributed by atoms with E-state index in [4.69, 9.17) is 10.5 Å². The van der Waals surface area contributed by atoms with E-state index in [0.29, 0.717) is 13.2 Å². The van der Waals surface area contributed by atoms with E-state index in [1.807, 2.05) is 13.8 Å². The highest BCUT2D eigenvalue weighted by Gasteiger charge is 2.39. The van der Waals surface area contributed by atoms with Crippen LogP contribution in [0.25, 0.3) is 0 Å². The van der Waals surface area contributed by atoms with Gasteiger partial charge in [0.05, 0.1) is 18.2 Å². The number of rotatable bonds is 3. The molecule has 0 aliphatic carbocycles. The fourth-order valence-electron chi connectivity index (χ4n) is 1.53. The van der Waals surface area contributed by atoms with Gasteiger partial charge >= 0.3 is 0 Å². The van der Waals surface area contributed by atoms with E-state index in [0.717, 1.165) is 0 Å². The van der Waals surface area contributed by atoms with Crippen molar-refractivity contribution in [2.75, 3.05) is 13.2 Å². The summed E-state index contributed by atoms with van der Waals surface area (Å²) in [6.07, 6.45) is 0.202. The van der Waals surface area contributed by atoms with Crippen molar-refractivity contribution in [1.29, 1.82) is 0 Å². The number of carbonyl (C=O) groups excluding carboxylic acids is 1. The minimum Gasteiger partial charge on any atom is -0.375 e. The van der Waals surface area contributed by atoms with Crippen molar-refractivity contribution in [3.05, 3.63) is 0 Å². The average Bonchev–Trinajstić information content (AvgIpc) is 2.09. The van der Waals surface area contributed by atoms with Crippen LogP contribution in [0.3, 0.4) is 0 Å². The van der Waals surface area contributed by atoms with Crippen LogP contribution in [0.15, 0.2) is 0 Å². The zero-order chi connectivity index (χ0) is 10.0. The van der Waals surface area contributed by atoms with Crippen molar-refractivity contribution >= 4 is 18.3 Å². The van der Waals surface area contributed by atoms with E-state index in [2.05, 4.69) is 0 Å². The molecule has 1 saturated heterocycles. The van der Waals surface area contributed by atoms with Gasteiger partial charge in [0.1, 0.15) is 0 Å². The van der Waals surface area contributed by atoms with E-state index in [1.54, 1.807) is 11.8 Å². The molecule has 0 aromatic heterocycles. The second kappa shape index (κ2) is 5.53. The maximum atomic E-state index is 11.4. The number of amides is 1. The lowest BCUT2D eigenvalue weighted by Crippen LogP contribution is -2.64. The fraction of sp³-hybridized carbons (Fsp3) is 0.889. The smallest absolute Gasteiger partial charge is 0.239 e. The van der Waals surface area contributed by atoms with Gasteiger partial charge in [0, 0.05) is 13.2 Å². The first kappa shape index (κ1) is 13.7. The van der Waals surface area contributed by atoms with Gasteiger partial charge in [-0.1, -0.05) is 0 Å². The molecule has 14 heavy (non-hydrogen) atoms. The topological polar surface area (TPSA) is 55.6 Å². The molecular formula is C9H19ClN2O2. The number of hydrogen-bond donors (Lipinski definition) is 1. The largest absolute Gasteiger partial charge is 0.375 e. The van der Waals surface area contributed by atoms with Crippen LogP contribution in [0, 0.1) is 0 Å². The van der Waals surface area contributed by atoms with Crippen molar-refractivity contribution < 1.29 is 9.53 Å². The number of nitrogens with two attached hydrogens (primary N) is 1. The quantitative estimate of drug-likeness (QED) is 0.752. The highest BCUT2D eigenvalue weighted by atomic mass is 35.5. The number of hydrogen-bond acceptors (Lipinski definition) is 3. The Labute approximate surface area is 91.2 Å². The fourth-order valence-corrected chi connectivity index (χ4v) is 1.53. The molecule has 1 aliphatic rings. The third-order valence-electron chi connectivity index (χ3n) is 2.46. The third-order valence-corrected chi connectivity index (χ3v) is 2.46. The molecule has 0 aromatic carbocycles. The van der Waals surface area contributed by atoms with Gasteiger partial charge in [-0.25, -0.2) is 0 Å². The summed E-state index contributed by atoms with van der Waals surface area (Å²) in [4.78, 5) is 13.2. The highest BCUT2D eigenvalue weighted by molar-refractivity contribution is 5.85. The van der Waals surface area contributed by atoms with E-state index in [9.17, 15) is 4.79 Å². The molecule has 0 bridgehead atoms. The predicted octanol–water partition coefficient (Wildman–Crippen LogP) is 0.391. The van der Waals surface area contributed by atoms with Gasteiger partial charge < -0.3 is 15.4 Å². The molecule has 1 aliphatic heterocycles. The Hall–Kier alpha value is -0.320. The summed E-state index contributed by atoms with van der Waals surface area (Å²) in [6.45, 7) is 7.06. The summed E-state index contributed by atoms with van der Waals surface area (Å²) in [7, 11) is 0. The first-order chi connectivity index (χ1) is 6.07. The number of nitrogens with zero attached hydrogens (tertiary/aromatic N) is 1. The van der Waals surface area contributed by atoms with Gasteiger partial charge in [0.2, 0.25) is 5.91 Å². The van der Waals surface area contributed by atoms with Crippen LogP contribution in [-0.2, 0) is 9.53 Å². The van der Waals surface area contributed by atoms with Gasteiger partial charge in [0.15, 0.2) is 0 Å². The van der Waals surface area contributed by atoms with Gasteiger partial charge in [-0.2, -0.15) is 0 Å². The minimum atomic E-state index is -0.398. The molecule has 1 rings (SSSR count). The molecular weight excluding hydrogens is 204 g/mol. The van der Waals surface area contributed by atoms with E-state index in [1.165, 1.54) is 0 Å². The first-order valence-corrected chi connectivity index (χ1v) is 4.75. The van der Waals surface area contributed by atoms with Crippen LogP contribution in [0.1, 0.15) is 20.8 Å². The number of likely N-dealkylation sites (tertiary alicyclic amines) is 1. The molecule has 0 saturated carbocycles. The molecule has 4 nitrogen and oxygen atoms in total. The Morgan fingerprint density at radius 2 is 2.29 bits per heavy atom. The van der Waals surface area contributed by atoms with Crippen molar-refractivity contribution in [2.24, 2.45) is 5.73 Å². The second-order valence-corrected chi connectivity index (χ2v) is 3.51. The molecule has 0 radical (unpaired) electrons. The van der Waals surface area contributed by atoms with Crippen LogP contribution < -0.4 is 5.73 Å². The summed E-state index contributed by atoms with van der Waals surface area (Å²) in [5, 5.41) is 0. The Bertz CT molecular complexity index is 199. The summed E-state index contributed by atoms with van der Waals surface area (Å²) >= 11 is 0.